The Balaban J connectivity index is 1.43. The molecule has 0 saturated carbocycles. The van der Waals surface area contributed by atoms with Crippen molar-refractivity contribution < 1.29 is 4.79 Å². The summed E-state index contributed by atoms with van der Waals surface area (Å²) in [7, 11) is 0. The molecular formula is C22H17Cl2N3O. The van der Waals surface area contributed by atoms with Gasteiger partial charge in [-0.2, -0.15) is 5.10 Å². The Morgan fingerprint density at radius 2 is 1.75 bits per heavy atom. The van der Waals surface area contributed by atoms with Crippen molar-refractivity contribution in [2.24, 2.45) is 5.10 Å². The van der Waals surface area contributed by atoms with E-state index in [-0.39, 0.29) is 5.91 Å². The van der Waals surface area contributed by atoms with Gasteiger partial charge in [-0.15, -0.1) is 0 Å². The largest absolute Gasteiger partial charge is 0.363 e. The maximum Gasteiger partial charge on any atom is 0.271 e. The van der Waals surface area contributed by atoms with E-state index in [1.807, 2.05) is 36.4 Å². The first-order valence-corrected chi connectivity index (χ1v) is 9.56. The second-order valence-electron chi connectivity index (χ2n) is 6.54. The van der Waals surface area contributed by atoms with Gasteiger partial charge in [0.2, 0.25) is 0 Å². The standard InChI is InChI=1S/C22H17Cl2N3O/c23-19-9-8-16(21(24)11-19)12-25-26-22(28)15-6-7-17-13-27(14-18(17)10-15)20-4-2-1-3-5-20/h1-12H,13-14H2,(H,26,28)/b25-12+. The number of hydrazone groups is 1. The highest BCUT2D eigenvalue weighted by molar-refractivity contribution is 6.36. The monoisotopic (exact) mass is 409 g/mol. The highest BCUT2D eigenvalue weighted by Gasteiger charge is 2.20. The van der Waals surface area contributed by atoms with Crippen molar-refractivity contribution in [3.05, 3.63) is 99.0 Å². The third-order valence-corrected chi connectivity index (χ3v) is 5.21. The first-order valence-electron chi connectivity index (χ1n) is 8.80. The Labute approximate surface area is 173 Å². The van der Waals surface area contributed by atoms with Crippen molar-refractivity contribution >= 4 is 41.0 Å². The molecule has 0 unspecified atom stereocenters. The maximum atomic E-state index is 12.4. The molecule has 1 aliphatic heterocycles. The lowest BCUT2D eigenvalue weighted by atomic mass is 10.1. The second-order valence-corrected chi connectivity index (χ2v) is 7.38. The van der Waals surface area contributed by atoms with Crippen LogP contribution in [0.15, 0.2) is 71.8 Å². The zero-order valence-corrected chi connectivity index (χ0v) is 16.4. The molecule has 0 spiro atoms. The fraction of sp³-hybridized carbons (Fsp3) is 0.0909. The molecule has 1 amide bonds. The number of fused-ring (bicyclic) bond motifs is 1. The number of benzene rings is 3. The van der Waals surface area contributed by atoms with Crippen LogP contribution in [0.4, 0.5) is 5.69 Å². The molecule has 1 heterocycles. The molecular weight excluding hydrogens is 393 g/mol. The third-order valence-electron chi connectivity index (χ3n) is 4.64. The van der Waals surface area contributed by atoms with Gasteiger partial charge in [0, 0.05) is 34.9 Å². The summed E-state index contributed by atoms with van der Waals surface area (Å²) in [6.07, 6.45) is 1.50. The Hall–Kier alpha value is -2.82. The minimum Gasteiger partial charge on any atom is -0.363 e. The molecule has 6 heteroatoms. The van der Waals surface area contributed by atoms with Gasteiger partial charge in [-0.05, 0) is 47.5 Å². The summed E-state index contributed by atoms with van der Waals surface area (Å²) in [5.74, 6) is -0.262. The molecule has 3 aromatic carbocycles. The average Bonchev–Trinajstić information content (AvgIpc) is 3.13. The summed E-state index contributed by atoms with van der Waals surface area (Å²) in [4.78, 5) is 14.7. The van der Waals surface area contributed by atoms with Crippen LogP contribution in [-0.4, -0.2) is 12.1 Å². The maximum absolute atomic E-state index is 12.4. The molecule has 0 bridgehead atoms. The van der Waals surface area contributed by atoms with E-state index in [2.05, 4.69) is 27.6 Å². The van der Waals surface area contributed by atoms with Gasteiger partial charge in [-0.25, -0.2) is 5.43 Å². The lowest BCUT2D eigenvalue weighted by Gasteiger charge is -2.17. The van der Waals surface area contributed by atoms with Crippen molar-refractivity contribution in [1.82, 2.24) is 5.43 Å². The topological polar surface area (TPSA) is 44.7 Å². The van der Waals surface area contributed by atoms with Gasteiger partial charge in [-0.3, -0.25) is 4.79 Å². The molecule has 0 atom stereocenters. The lowest BCUT2D eigenvalue weighted by molar-refractivity contribution is 0.0955. The van der Waals surface area contributed by atoms with Crippen LogP contribution >= 0.6 is 23.2 Å². The third kappa shape index (κ3) is 4.03. The number of amides is 1. The molecule has 28 heavy (non-hydrogen) atoms. The number of rotatable bonds is 4. The average molecular weight is 410 g/mol. The van der Waals surface area contributed by atoms with E-state index in [1.54, 1.807) is 18.2 Å². The Morgan fingerprint density at radius 1 is 0.964 bits per heavy atom. The molecule has 0 aromatic heterocycles. The van der Waals surface area contributed by atoms with Gasteiger partial charge in [-0.1, -0.05) is 53.5 Å². The molecule has 0 aliphatic carbocycles. The number of carbonyl (C=O) groups is 1. The van der Waals surface area contributed by atoms with Gasteiger partial charge in [0.15, 0.2) is 0 Å². The van der Waals surface area contributed by atoms with Crippen LogP contribution in [0, 0.1) is 0 Å². The molecule has 0 radical (unpaired) electrons. The summed E-state index contributed by atoms with van der Waals surface area (Å²) in [5.41, 5.74) is 7.37. The lowest BCUT2D eigenvalue weighted by Crippen LogP contribution is -2.18. The van der Waals surface area contributed by atoms with Crippen molar-refractivity contribution in [3.8, 4) is 0 Å². The number of hydrogen-bond donors (Lipinski definition) is 1. The number of hydrogen-bond acceptors (Lipinski definition) is 3. The summed E-state index contributed by atoms with van der Waals surface area (Å²) in [5, 5.41) is 5.03. The number of nitrogens with one attached hydrogen (secondary N) is 1. The molecule has 3 aromatic rings. The molecule has 4 nitrogen and oxygen atoms in total. The van der Waals surface area contributed by atoms with Crippen molar-refractivity contribution in [2.75, 3.05) is 4.90 Å². The number of anilines is 1. The highest BCUT2D eigenvalue weighted by atomic mass is 35.5. The zero-order chi connectivity index (χ0) is 19.5. The van der Waals surface area contributed by atoms with Crippen LogP contribution in [0.1, 0.15) is 27.0 Å². The number of para-hydroxylation sites is 1. The second kappa shape index (κ2) is 8.05. The highest BCUT2D eigenvalue weighted by Crippen LogP contribution is 2.28. The van der Waals surface area contributed by atoms with E-state index in [9.17, 15) is 4.79 Å². The Kier molecular flexibility index (Phi) is 5.33. The normalized spacial score (nSPS) is 13.0. The molecule has 140 valence electrons. The van der Waals surface area contributed by atoms with Gasteiger partial charge >= 0.3 is 0 Å². The first-order chi connectivity index (χ1) is 13.6. The summed E-state index contributed by atoms with van der Waals surface area (Å²) < 4.78 is 0. The van der Waals surface area contributed by atoms with Crippen LogP contribution < -0.4 is 10.3 Å². The minimum absolute atomic E-state index is 0.262. The van der Waals surface area contributed by atoms with E-state index in [1.165, 1.54) is 17.5 Å². The molecule has 4 rings (SSSR count). The van der Waals surface area contributed by atoms with Crippen molar-refractivity contribution in [1.29, 1.82) is 0 Å². The van der Waals surface area contributed by atoms with Crippen LogP contribution in [-0.2, 0) is 13.1 Å². The molecule has 1 N–H and O–H groups in total. The van der Waals surface area contributed by atoms with Gasteiger partial charge < -0.3 is 4.90 Å². The smallest absolute Gasteiger partial charge is 0.271 e. The molecule has 1 aliphatic rings. The summed E-state index contributed by atoms with van der Waals surface area (Å²) in [6.45, 7) is 1.62. The minimum atomic E-state index is -0.262. The Bertz CT molecular complexity index is 1050. The number of nitrogens with zero attached hydrogens (tertiary/aromatic N) is 2. The fourth-order valence-electron chi connectivity index (χ4n) is 3.19. The van der Waals surface area contributed by atoms with E-state index in [4.69, 9.17) is 23.2 Å². The first kappa shape index (κ1) is 18.5. The van der Waals surface area contributed by atoms with E-state index in [0.717, 1.165) is 18.7 Å². The van der Waals surface area contributed by atoms with Crippen molar-refractivity contribution in [3.63, 3.8) is 0 Å². The van der Waals surface area contributed by atoms with Crippen LogP contribution in [0.5, 0.6) is 0 Å². The Morgan fingerprint density at radius 3 is 2.54 bits per heavy atom. The fourth-order valence-corrected chi connectivity index (χ4v) is 3.65. The van der Waals surface area contributed by atoms with Crippen molar-refractivity contribution in [2.45, 2.75) is 13.1 Å². The van der Waals surface area contributed by atoms with Crippen LogP contribution in [0.3, 0.4) is 0 Å². The zero-order valence-electron chi connectivity index (χ0n) is 14.9. The molecule has 0 saturated heterocycles. The van der Waals surface area contributed by atoms with Gasteiger partial charge in [0.05, 0.1) is 11.2 Å². The summed E-state index contributed by atoms with van der Waals surface area (Å²) >= 11 is 12.0. The number of halogens is 2. The predicted octanol–water partition coefficient (Wildman–Crippen LogP) is 5.28. The number of carbonyl (C=O) groups excluding carboxylic acids is 1. The SMILES string of the molecule is O=C(N/N=C/c1ccc(Cl)cc1Cl)c1ccc2c(c1)CN(c1ccccc1)C2. The summed E-state index contributed by atoms with van der Waals surface area (Å²) in [6, 6.07) is 21.1. The molecule has 0 fully saturated rings. The van der Waals surface area contributed by atoms with E-state index < -0.39 is 0 Å². The van der Waals surface area contributed by atoms with E-state index in [0.29, 0.717) is 21.2 Å². The van der Waals surface area contributed by atoms with Crippen LogP contribution in [0.2, 0.25) is 10.0 Å². The van der Waals surface area contributed by atoms with Gasteiger partial charge in [0.1, 0.15) is 0 Å². The quantitative estimate of drug-likeness (QED) is 0.470. The predicted molar refractivity (Wildman–Crippen MR) is 114 cm³/mol. The van der Waals surface area contributed by atoms with E-state index >= 15 is 0 Å². The van der Waals surface area contributed by atoms with Crippen LogP contribution in [0.25, 0.3) is 0 Å². The van der Waals surface area contributed by atoms with Gasteiger partial charge in [0.25, 0.3) is 5.91 Å².